The van der Waals surface area contributed by atoms with E-state index >= 15 is 0 Å². The maximum atomic E-state index is 13.2. The Bertz CT molecular complexity index is 1160. The molecule has 0 unspecified atom stereocenters. The second kappa shape index (κ2) is 8.44. The largest absolute Gasteiger partial charge is 0.439 e. The SMILES string of the molecule is Cc1nc(Oc2ccc(NC(=O)Nc3cccc(F)c3)cc2)cc(-n2cccc2)n1. The molecule has 150 valence electrons. The molecule has 0 saturated heterocycles. The summed E-state index contributed by atoms with van der Waals surface area (Å²) in [7, 11) is 0. The van der Waals surface area contributed by atoms with Crippen molar-refractivity contribution in [3.05, 3.63) is 90.8 Å². The summed E-state index contributed by atoms with van der Waals surface area (Å²) in [6, 6.07) is 17.6. The minimum absolute atomic E-state index is 0.366. The first-order valence-electron chi connectivity index (χ1n) is 9.16. The lowest BCUT2D eigenvalue weighted by atomic mass is 10.3. The van der Waals surface area contributed by atoms with E-state index in [0.717, 1.165) is 0 Å². The molecular formula is C22H18FN5O2. The predicted octanol–water partition coefficient (Wildman–Crippen LogP) is 5.15. The topological polar surface area (TPSA) is 81.1 Å². The van der Waals surface area contributed by atoms with Crippen LogP contribution in [0.1, 0.15) is 5.82 Å². The lowest BCUT2D eigenvalue weighted by Gasteiger charge is -2.10. The Balaban J connectivity index is 1.41. The molecule has 0 bridgehead atoms. The second-order valence-electron chi connectivity index (χ2n) is 6.42. The first-order valence-corrected chi connectivity index (χ1v) is 9.16. The number of hydrogen-bond acceptors (Lipinski definition) is 4. The fourth-order valence-electron chi connectivity index (χ4n) is 2.78. The number of nitrogens with zero attached hydrogens (tertiary/aromatic N) is 3. The van der Waals surface area contributed by atoms with Gasteiger partial charge in [0.2, 0.25) is 5.88 Å². The minimum atomic E-state index is -0.475. The zero-order chi connectivity index (χ0) is 20.9. The molecule has 0 aliphatic carbocycles. The van der Waals surface area contributed by atoms with Gasteiger partial charge in [-0.05, 0) is 61.5 Å². The molecule has 2 amide bonds. The lowest BCUT2D eigenvalue weighted by molar-refractivity contribution is 0.262. The number of ether oxygens (including phenoxy) is 1. The van der Waals surface area contributed by atoms with E-state index in [2.05, 4.69) is 20.6 Å². The molecule has 2 aromatic carbocycles. The van der Waals surface area contributed by atoms with Crippen molar-refractivity contribution in [1.82, 2.24) is 14.5 Å². The molecule has 30 heavy (non-hydrogen) atoms. The van der Waals surface area contributed by atoms with Gasteiger partial charge in [-0.1, -0.05) is 6.07 Å². The smallest absolute Gasteiger partial charge is 0.323 e. The first kappa shape index (κ1) is 19.1. The quantitative estimate of drug-likeness (QED) is 0.483. The number of halogens is 1. The van der Waals surface area contributed by atoms with Gasteiger partial charge in [0.15, 0.2) is 0 Å². The van der Waals surface area contributed by atoms with Gasteiger partial charge >= 0.3 is 6.03 Å². The molecule has 2 N–H and O–H groups in total. The molecule has 4 rings (SSSR count). The normalized spacial score (nSPS) is 10.5. The number of nitrogens with one attached hydrogen (secondary N) is 2. The van der Waals surface area contributed by atoms with Crippen molar-refractivity contribution in [3.63, 3.8) is 0 Å². The van der Waals surface area contributed by atoms with E-state index in [4.69, 9.17) is 4.74 Å². The number of carbonyl (C=O) groups is 1. The van der Waals surface area contributed by atoms with Crippen molar-refractivity contribution in [3.8, 4) is 17.4 Å². The van der Waals surface area contributed by atoms with Crippen LogP contribution in [0.25, 0.3) is 5.82 Å². The lowest BCUT2D eigenvalue weighted by Crippen LogP contribution is -2.19. The predicted molar refractivity (Wildman–Crippen MR) is 112 cm³/mol. The van der Waals surface area contributed by atoms with Crippen molar-refractivity contribution in [2.75, 3.05) is 10.6 Å². The second-order valence-corrected chi connectivity index (χ2v) is 6.42. The van der Waals surface area contributed by atoms with Crippen LogP contribution in [-0.2, 0) is 0 Å². The summed E-state index contributed by atoms with van der Waals surface area (Å²) in [6.45, 7) is 1.80. The van der Waals surface area contributed by atoms with Crippen LogP contribution in [0.5, 0.6) is 11.6 Å². The van der Waals surface area contributed by atoms with Gasteiger partial charge in [0.25, 0.3) is 0 Å². The van der Waals surface area contributed by atoms with E-state index in [0.29, 0.717) is 34.6 Å². The maximum absolute atomic E-state index is 13.2. The fraction of sp³-hybridized carbons (Fsp3) is 0.0455. The Hall–Kier alpha value is -4.20. The molecular weight excluding hydrogens is 385 g/mol. The van der Waals surface area contributed by atoms with E-state index in [1.807, 2.05) is 29.1 Å². The number of rotatable bonds is 5. The average molecular weight is 403 g/mol. The summed E-state index contributed by atoms with van der Waals surface area (Å²) in [4.78, 5) is 20.8. The average Bonchev–Trinajstić information content (AvgIpc) is 3.24. The number of carbonyl (C=O) groups excluding carboxylic acids is 1. The first-order chi connectivity index (χ1) is 14.5. The van der Waals surface area contributed by atoms with Crippen LogP contribution in [0, 0.1) is 12.7 Å². The van der Waals surface area contributed by atoms with Crippen molar-refractivity contribution < 1.29 is 13.9 Å². The minimum Gasteiger partial charge on any atom is -0.439 e. The van der Waals surface area contributed by atoms with Crippen molar-refractivity contribution in [2.45, 2.75) is 6.92 Å². The molecule has 8 heteroatoms. The molecule has 0 fully saturated rings. The third-order valence-electron chi connectivity index (χ3n) is 4.09. The highest BCUT2D eigenvalue weighted by Gasteiger charge is 2.07. The zero-order valence-corrected chi connectivity index (χ0v) is 16.0. The summed E-state index contributed by atoms with van der Waals surface area (Å²) in [5, 5.41) is 5.25. The Morgan fingerprint density at radius 1 is 0.933 bits per heavy atom. The van der Waals surface area contributed by atoms with Crippen LogP contribution in [-0.4, -0.2) is 20.6 Å². The molecule has 0 saturated carbocycles. The van der Waals surface area contributed by atoms with Gasteiger partial charge < -0.3 is 19.9 Å². The number of anilines is 2. The molecule has 0 spiro atoms. The third kappa shape index (κ3) is 4.79. The fourth-order valence-corrected chi connectivity index (χ4v) is 2.78. The molecule has 7 nitrogen and oxygen atoms in total. The van der Waals surface area contributed by atoms with Gasteiger partial charge in [0.05, 0.1) is 0 Å². The molecule has 0 radical (unpaired) electrons. The van der Waals surface area contributed by atoms with Crippen molar-refractivity contribution in [2.24, 2.45) is 0 Å². The van der Waals surface area contributed by atoms with Crippen molar-refractivity contribution >= 4 is 17.4 Å². The highest BCUT2D eigenvalue weighted by atomic mass is 19.1. The summed E-state index contributed by atoms with van der Waals surface area (Å²) in [5.41, 5.74) is 0.924. The van der Waals surface area contributed by atoms with Gasteiger partial charge in [-0.25, -0.2) is 14.2 Å². The Labute approximate surface area is 172 Å². The summed E-state index contributed by atoms with van der Waals surface area (Å²) < 4.78 is 20.9. The monoisotopic (exact) mass is 403 g/mol. The molecule has 4 aromatic rings. The standard InChI is InChI=1S/C22H18FN5O2/c1-15-24-20(28-11-2-3-12-28)14-21(25-15)30-19-9-7-17(8-10-19)26-22(29)27-18-6-4-5-16(23)13-18/h2-14H,1H3,(H2,26,27,29). The number of aromatic nitrogens is 3. The van der Waals surface area contributed by atoms with Gasteiger partial charge in [-0.3, -0.25) is 0 Å². The van der Waals surface area contributed by atoms with E-state index in [1.165, 1.54) is 18.2 Å². The van der Waals surface area contributed by atoms with Crippen molar-refractivity contribution in [1.29, 1.82) is 0 Å². The number of amides is 2. The van der Waals surface area contributed by atoms with E-state index in [1.54, 1.807) is 43.3 Å². The third-order valence-corrected chi connectivity index (χ3v) is 4.09. The van der Waals surface area contributed by atoms with Crippen LogP contribution in [0.15, 0.2) is 79.1 Å². The molecule has 2 heterocycles. The number of urea groups is 1. The molecule has 0 aliphatic heterocycles. The van der Waals surface area contributed by atoms with E-state index < -0.39 is 11.8 Å². The maximum Gasteiger partial charge on any atom is 0.323 e. The van der Waals surface area contributed by atoms with Gasteiger partial charge in [-0.15, -0.1) is 0 Å². The Kier molecular flexibility index (Phi) is 5.38. The summed E-state index contributed by atoms with van der Waals surface area (Å²) >= 11 is 0. The Morgan fingerprint density at radius 2 is 1.67 bits per heavy atom. The van der Waals surface area contributed by atoms with Crippen LogP contribution in [0.2, 0.25) is 0 Å². The van der Waals surface area contributed by atoms with E-state index in [-0.39, 0.29) is 0 Å². The number of aryl methyl sites for hydroxylation is 1. The Morgan fingerprint density at radius 3 is 2.40 bits per heavy atom. The highest BCUT2D eigenvalue weighted by Crippen LogP contribution is 2.23. The number of benzene rings is 2. The molecule has 0 atom stereocenters. The number of hydrogen-bond donors (Lipinski definition) is 2. The van der Waals surface area contributed by atoms with Crippen LogP contribution >= 0.6 is 0 Å². The van der Waals surface area contributed by atoms with Gasteiger partial charge in [-0.2, -0.15) is 4.98 Å². The van der Waals surface area contributed by atoms with E-state index in [9.17, 15) is 9.18 Å². The van der Waals surface area contributed by atoms with Crippen LogP contribution < -0.4 is 15.4 Å². The van der Waals surface area contributed by atoms with Gasteiger partial charge in [0.1, 0.15) is 23.2 Å². The summed E-state index contributed by atoms with van der Waals surface area (Å²) in [6.07, 6.45) is 3.78. The molecule has 2 aromatic heterocycles. The van der Waals surface area contributed by atoms with Crippen LogP contribution in [0.4, 0.5) is 20.6 Å². The zero-order valence-electron chi connectivity index (χ0n) is 16.0. The summed E-state index contributed by atoms with van der Waals surface area (Å²) in [5.74, 6) is 1.84. The van der Waals surface area contributed by atoms with Gasteiger partial charge in [0, 0.05) is 29.8 Å². The molecule has 0 aliphatic rings. The highest BCUT2D eigenvalue weighted by molar-refractivity contribution is 5.99. The van der Waals surface area contributed by atoms with Crippen LogP contribution in [0.3, 0.4) is 0 Å².